The molecule has 3 heteroatoms. The van der Waals surface area contributed by atoms with Crippen LogP contribution < -0.4 is 4.74 Å². The second kappa shape index (κ2) is 5.47. The zero-order valence-corrected chi connectivity index (χ0v) is 9.56. The van der Waals surface area contributed by atoms with Gasteiger partial charge in [-0.3, -0.25) is 0 Å². The lowest BCUT2D eigenvalue weighted by atomic mass is 10.0. The van der Waals surface area contributed by atoms with Gasteiger partial charge in [0.05, 0.1) is 0 Å². The molecule has 1 rings (SSSR count). The molecular weight excluding hydrogens is 204 g/mol. The first-order valence-electron chi connectivity index (χ1n) is 5.13. The summed E-state index contributed by atoms with van der Waals surface area (Å²) in [5.41, 5.74) is 1.38. The molecule has 1 aromatic rings. The lowest BCUT2D eigenvalue weighted by Gasteiger charge is -2.09. The first-order chi connectivity index (χ1) is 7.54. The van der Waals surface area contributed by atoms with Crippen molar-refractivity contribution in [3.63, 3.8) is 0 Å². The van der Waals surface area contributed by atoms with Crippen molar-refractivity contribution in [2.75, 3.05) is 6.61 Å². The van der Waals surface area contributed by atoms with E-state index in [0.29, 0.717) is 11.3 Å². The summed E-state index contributed by atoms with van der Waals surface area (Å²) in [4.78, 5) is 11.2. The molecule has 0 aliphatic rings. The van der Waals surface area contributed by atoms with Crippen LogP contribution in [-0.2, 0) is 4.79 Å². The molecule has 0 saturated heterocycles. The van der Waals surface area contributed by atoms with Gasteiger partial charge in [-0.1, -0.05) is 25.6 Å². The van der Waals surface area contributed by atoms with Gasteiger partial charge >= 0.3 is 5.97 Å². The summed E-state index contributed by atoms with van der Waals surface area (Å²) in [6.07, 6.45) is 0. The van der Waals surface area contributed by atoms with Gasteiger partial charge in [-0.25, -0.2) is 4.79 Å². The minimum Gasteiger partial charge on any atom is -0.423 e. The molecule has 0 amide bonds. The Bertz CT molecular complexity index is 379. The first kappa shape index (κ1) is 12.5. The van der Waals surface area contributed by atoms with Gasteiger partial charge in [-0.2, -0.15) is 0 Å². The molecule has 16 heavy (non-hydrogen) atoms. The minimum absolute atomic E-state index is 0.0888. The lowest BCUT2D eigenvalue weighted by Crippen LogP contribution is -2.08. The summed E-state index contributed by atoms with van der Waals surface area (Å²) in [5, 5.41) is 8.98. The van der Waals surface area contributed by atoms with Crippen molar-refractivity contribution in [3.8, 4) is 5.75 Å². The first-order valence-corrected chi connectivity index (χ1v) is 5.13. The second-order valence-corrected chi connectivity index (χ2v) is 3.82. The smallest absolute Gasteiger partial charge is 0.338 e. The molecule has 0 saturated carbocycles. The molecule has 1 atom stereocenters. The number of aliphatic hydroxyl groups is 1. The average Bonchev–Trinajstić information content (AvgIpc) is 2.28. The van der Waals surface area contributed by atoms with Crippen LogP contribution in [-0.4, -0.2) is 17.7 Å². The summed E-state index contributed by atoms with van der Waals surface area (Å²) in [6, 6.07) is 7.09. The number of esters is 1. The Morgan fingerprint density at radius 1 is 1.44 bits per heavy atom. The van der Waals surface area contributed by atoms with Gasteiger partial charge < -0.3 is 9.84 Å². The Morgan fingerprint density at radius 2 is 2.00 bits per heavy atom. The molecular formula is C13H16O3. The summed E-state index contributed by atoms with van der Waals surface area (Å²) in [5.74, 6) is 0.149. The highest BCUT2D eigenvalue weighted by molar-refractivity contribution is 5.88. The third-order valence-electron chi connectivity index (χ3n) is 2.28. The van der Waals surface area contributed by atoms with E-state index < -0.39 is 5.97 Å². The maximum absolute atomic E-state index is 11.2. The van der Waals surface area contributed by atoms with Crippen LogP contribution in [0.1, 0.15) is 25.3 Å². The quantitative estimate of drug-likeness (QED) is 0.481. The van der Waals surface area contributed by atoms with Crippen LogP contribution >= 0.6 is 0 Å². The van der Waals surface area contributed by atoms with E-state index in [2.05, 4.69) is 6.58 Å². The van der Waals surface area contributed by atoms with Gasteiger partial charge in [0.2, 0.25) is 0 Å². The molecule has 1 unspecified atom stereocenters. The number of hydrogen-bond acceptors (Lipinski definition) is 3. The highest BCUT2D eigenvalue weighted by Gasteiger charge is 2.07. The zero-order valence-electron chi connectivity index (χ0n) is 9.56. The maximum Gasteiger partial charge on any atom is 0.338 e. The van der Waals surface area contributed by atoms with Crippen LogP contribution in [0.25, 0.3) is 0 Å². The van der Waals surface area contributed by atoms with Gasteiger partial charge in [-0.05, 0) is 24.6 Å². The van der Waals surface area contributed by atoms with E-state index in [4.69, 9.17) is 9.84 Å². The third kappa shape index (κ3) is 3.21. The van der Waals surface area contributed by atoms with Crippen LogP contribution in [0.5, 0.6) is 5.75 Å². The van der Waals surface area contributed by atoms with E-state index >= 15 is 0 Å². The number of rotatable bonds is 4. The molecule has 0 aliphatic carbocycles. The summed E-state index contributed by atoms with van der Waals surface area (Å²) in [6.45, 7) is 7.13. The van der Waals surface area contributed by atoms with Crippen molar-refractivity contribution in [2.45, 2.75) is 19.8 Å². The normalized spacial score (nSPS) is 11.9. The second-order valence-electron chi connectivity index (χ2n) is 3.82. The van der Waals surface area contributed by atoms with Crippen molar-refractivity contribution < 1.29 is 14.6 Å². The molecule has 0 aliphatic heterocycles. The fraction of sp³-hybridized carbons (Fsp3) is 0.308. The molecule has 0 spiro atoms. The van der Waals surface area contributed by atoms with Crippen molar-refractivity contribution in [1.29, 1.82) is 0 Å². The number of carbonyl (C=O) groups is 1. The van der Waals surface area contributed by atoms with Crippen LogP contribution in [0.15, 0.2) is 36.4 Å². The standard InChI is InChI=1S/C13H16O3/c1-9(2)13(15)16-12-6-4-11(5-7-12)10(3)8-14/h4-7,10,14H,1,8H2,2-3H3. The van der Waals surface area contributed by atoms with E-state index in [1.165, 1.54) is 0 Å². The van der Waals surface area contributed by atoms with Gasteiger partial charge in [0.15, 0.2) is 0 Å². The predicted octanol–water partition coefficient (Wildman–Crippen LogP) is 2.26. The van der Waals surface area contributed by atoms with Crippen molar-refractivity contribution in [2.24, 2.45) is 0 Å². The molecule has 1 N–H and O–H groups in total. The maximum atomic E-state index is 11.2. The molecule has 0 radical (unpaired) electrons. The van der Waals surface area contributed by atoms with Crippen LogP contribution in [0.3, 0.4) is 0 Å². The highest BCUT2D eigenvalue weighted by atomic mass is 16.5. The molecule has 0 heterocycles. The lowest BCUT2D eigenvalue weighted by molar-refractivity contribution is -0.130. The Balaban J connectivity index is 2.72. The van der Waals surface area contributed by atoms with E-state index in [1.54, 1.807) is 19.1 Å². The largest absolute Gasteiger partial charge is 0.423 e. The number of hydrogen-bond donors (Lipinski definition) is 1. The molecule has 0 aromatic heterocycles. The molecule has 1 aromatic carbocycles. The molecule has 86 valence electrons. The van der Waals surface area contributed by atoms with Crippen molar-refractivity contribution in [1.82, 2.24) is 0 Å². The number of ether oxygens (including phenoxy) is 1. The Morgan fingerprint density at radius 3 is 2.44 bits per heavy atom. The average molecular weight is 220 g/mol. The number of benzene rings is 1. The van der Waals surface area contributed by atoms with E-state index in [0.717, 1.165) is 5.56 Å². The third-order valence-corrected chi connectivity index (χ3v) is 2.28. The number of aliphatic hydroxyl groups excluding tert-OH is 1. The van der Waals surface area contributed by atoms with Gasteiger partial charge in [-0.15, -0.1) is 0 Å². The Kier molecular flexibility index (Phi) is 4.26. The van der Waals surface area contributed by atoms with Crippen molar-refractivity contribution >= 4 is 5.97 Å². The van der Waals surface area contributed by atoms with Crippen LogP contribution in [0.2, 0.25) is 0 Å². The fourth-order valence-electron chi connectivity index (χ4n) is 1.16. The van der Waals surface area contributed by atoms with Crippen molar-refractivity contribution in [3.05, 3.63) is 42.0 Å². The van der Waals surface area contributed by atoms with Gasteiger partial charge in [0, 0.05) is 18.1 Å². The van der Waals surface area contributed by atoms with E-state index in [9.17, 15) is 4.79 Å². The van der Waals surface area contributed by atoms with Crippen LogP contribution in [0, 0.1) is 0 Å². The highest BCUT2D eigenvalue weighted by Crippen LogP contribution is 2.19. The van der Waals surface area contributed by atoms with E-state index in [-0.39, 0.29) is 12.5 Å². The minimum atomic E-state index is -0.428. The molecule has 3 nitrogen and oxygen atoms in total. The van der Waals surface area contributed by atoms with Crippen LogP contribution in [0.4, 0.5) is 0 Å². The van der Waals surface area contributed by atoms with E-state index in [1.807, 2.05) is 19.1 Å². The summed E-state index contributed by atoms with van der Waals surface area (Å²) in [7, 11) is 0. The zero-order chi connectivity index (χ0) is 12.1. The summed E-state index contributed by atoms with van der Waals surface area (Å²) >= 11 is 0. The molecule has 0 bridgehead atoms. The SMILES string of the molecule is C=C(C)C(=O)Oc1ccc(C(C)CO)cc1. The number of carbonyl (C=O) groups excluding carboxylic acids is 1. The van der Waals surface area contributed by atoms with Gasteiger partial charge in [0.25, 0.3) is 0 Å². The Labute approximate surface area is 95.4 Å². The summed E-state index contributed by atoms with van der Waals surface area (Å²) < 4.78 is 5.04. The van der Waals surface area contributed by atoms with Gasteiger partial charge in [0.1, 0.15) is 5.75 Å². The Hall–Kier alpha value is -1.61. The topological polar surface area (TPSA) is 46.5 Å². The monoisotopic (exact) mass is 220 g/mol. The fourth-order valence-corrected chi connectivity index (χ4v) is 1.16. The predicted molar refractivity (Wildman–Crippen MR) is 62.4 cm³/mol. The molecule has 0 fully saturated rings.